The van der Waals surface area contributed by atoms with Gasteiger partial charge in [0.2, 0.25) is 0 Å². The molecular formula is C29H35AcClO9. The van der Waals surface area contributed by atoms with Gasteiger partial charge in [0.05, 0.1) is 29.6 Å². The van der Waals surface area contributed by atoms with Gasteiger partial charge in [0.25, 0.3) is 0 Å². The van der Waals surface area contributed by atoms with Crippen LogP contribution in [-0.4, -0.2) is 80.6 Å². The minimum atomic E-state index is -2.01. The largest absolute Gasteiger partial charge is 0.455 e. The van der Waals surface area contributed by atoms with Crippen LogP contribution in [0.2, 0.25) is 0 Å². The maximum absolute atomic E-state index is 14.4. The summed E-state index contributed by atoms with van der Waals surface area (Å²) in [6.45, 7) is 7.58. The standard InChI is InChI=1S/C29H35ClO9.Ac/c1-14-17(32)12-29(36)24(38-25(35)16-9-7-6-8-10-16)22-27(5,23(34)21(33)20(14)26(29,3)4)18(30)11-19-28(22,13-37-19)39-15(2)31;/h6-10,17-19,21-22,24,32-33,36H,11-13H2,1-5H3;/t17-,18?,19+,21+,22?,24-,27+,28-,29+;/m0./s1. The Bertz CT molecular complexity index is 1250. The number of esters is 2. The van der Waals surface area contributed by atoms with E-state index in [1.807, 2.05) is 0 Å². The number of hydrogen-bond acceptors (Lipinski definition) is 9. The number of Topliss-reactive ketones (excluding diaryl/α,β-unsaturated/α-hetero) is 1. The Morgan fingerprint density at radius 2 is 1.75 bits per heavy atom. The summed E-state index contributed by atoms with van der Waals surface area (Å²) in [6.07, 6.45) is -5.32. The topological polar surface area (TPSA) is 140 Å². The molecule has 215 valence electrons. The van der Waals surface area contributed by atoms with Crippen molar-refractivity contribution in [2.75, 3.05) is 6.61 Å². The van der Waals surface area contributed by atoms with Gasteiger partial charge in [-0.25, -0.2) is 4.79 Å². The molecule has 4 aliphatic rings. The van der Waals surface area contributed by atoms with Crippen LogP contribution < -0.4 is 0 Å². The molecule has 1 saturated heterocycles. The van der Waals surface area contributed by atoms with Crippen molar-refractivity contribution in [1.82, 2.24) is 0 Å². The van der Waals surface area contributed by atoms with Crippen LogP contribution in [-0.2, 0) is 23.8 Å². The molecule has 2 unspecified atom stereocenters. The monoisotopic (exact) mass is 789 g/mol. The molecule has 40 heavy (non-hydrogen) atoms. The number of carbonyl (C=O) groups is 3. The van der Waals surface area contributed by atoms with Crippen LogP contribution in [0.15, 0.2) is 41.5 Å². The van der Waals surface area contributed by atoms with Gasteiger partial charge in [-0.05, 0) is 36.6 Å². The maximum atomic E-state index is 14.4. The van der Waals surface area contributed by atoms with Crippen LogP contribution in [0.25, 0.3) is 0 Å². The molecule has 1 radical (unpaired) electrons. The molecule has 9 nitrogen and oxygen atoms in total. The molecule has 3 N–H and O–H groups in total. The van der Waals surface area contributed by atoms with E-state index in [0.29, 0.717) is 5.57 Å². The Hall–Kier alpha value is -0.858. The zero-order valence-electron chi connectivity index (χ0n) is 23.2. The van der Waals surface area contributed by atoms with Crippen molar-refractivity contribution in [2.45, 2.75) is 88.5 Å². The van der Waals surface area contributed by atoms with Crippen LogP contribution >= 0.6 is 11.6 Å². The molecule has 0 spiro atoms. The van der Waals surface area contributed by atoms with E-state index in [-0.39, 0.29) is 74.6 Å². The molecule has 3 fully saturated rings. The molecular weight excluding hydrogens is 755 g/mol. The molecule has 9 atom stereocenters. The Balaban J connectivity index is 0.00000370. The number of ether oxygens (including phenoxy) is 3. The Morgan fingerprint density at radius 1 is 1.12 bits per heavy atom. The van der Waals surface area contributed by atoms with E-state index in [0.717, 1.165) is 0 Å². The fourth-order valence-electron chi connectivity index (χ4n) is 7.63. The van der Waals surface area contributed by atoms with Gasteiger partial charge in [0, 0.05) is 68.2 Å². The smallest absolute Gasteiger partial charge is 0.338 e. The van der Waals surface area contributed by atoms with E-state index >= 15 is 0 Å². The summed E-state index contributed by atoms with van der Waals surface area (Å²) in [6, 6.07) is 8.18. The van der Waals surface area contributed by atoms with Crippen molar-refractivity contribution in [3.8, 4) is 0 Å². The Morgan fingerprint density at radius 3 is 2.30 bits per heavy atom. The molecule has 1 aliphatic heterocycles. The molecule has 5 rings (SSSR count). The van der Waals surface area contributed by atoms with Crippen molar-refractivity contribution < 1.29 is 88.0 Å². The zero-order valence-corrected chi connectivity index (χ0v) is 28.7. The SMILES string of the molecule is CC(=O)O[C@@]12CO[C@@H]1CC(Cl)[C@@]1(C)C(=O)[C@H](O)C3=C(C)[C@@H](O)C[C@@](O)([C@@H](OC(=O)c4ccccc4)C12)C3(C)C.[Ac]. The minimum absolute atomic E-state index is 0. The number of aliphatic hydroxyl groups is 3. The van der Waals surface area contributed by atoms with Crippen molar-refractivity contribution >= 4 is 29.3 Å². The van der Waals surface area contributed by atoms with Crippen LogP contribution in [0.5, 0.6) is 0 Å². The van der Waals surface area contributed by atoms with Gasteiger partial charge in [0.15, 0.2) is 11.4 Å². The molecule has 1 aromatic rings. The normalized spacial score (nSPS) is 41.7. The summed E-state index contributed by atoms with van der Waals surface area (Å²) >= 11 is 6.93. The van der Waals surface area contributed by atoms with Gasteiger partial charge >= 0.3 is 11.9 Å². The number of fused-ring (bicyclic) bond motifs is 5. The molecule has 0 aromatic heterocycles. The third-order valence-electron chi connectivity index (χ3n) is 9.89. The van der Waals surface area contributed by atoms with E-state index in [9.17, 15) is 29.7 Å². The third-order valence-corrected chi connectivity index (χ3v) is 10.5. The third kappa shape index (κ3) is 4.31. The Labute approximate surface area is 274 Å². The molecule has 2 saturated carbocycles. The summed E-state index contributed by atoms with van der Waals surface area (Å²) in [7, 11) is 0. The van der Waals surface area contributed by atoms with Gasteiger partial charge in [-0.3, -0.25) is 9.59 Å². The van der Waals surface area contributed by atoms with Crippen LogP contribution in [0.3, 0.4) is 0 Å². The number of halogens is 1. The number of carbonyl (C=O) groups excluding carboxylic acids is 3. The molecule has 11 heteroatoms. The van der Waals surface area contributed by atoms with Gasteiger partial charge in [-0.2, -0.15) is 0 Å². The zero-order chi connectivity index (χ0) is 28.7. The summed E-state index contributed by atoms with van der Waals surface area (Å²) < 4.78 is 17.9. The first kappa shape index (κ1) is 32.1. The van der Waals surface area contributed by atoms with E-state index in [1.54, 1.807) is 58.0 Å². The van der Waals surface area contributed by atoms with Crippen molar-refractivity contribution in [3.05, 3.63) is 47.0 Å². The number of alkyl halides is 1. The van der Waals surface area contributed by atoms with Crippen molar-refractivity contribution in [1.29, 1.82) is 0 Å². The van der Waals surface area contributed by atoms with E-state index in [2.05, 4.69) is 0 Å². The van der Waals surface area contributed by atoms with E-state index in [1.165, 1.54) is 6.92 Å². The fraction of sp³-hybridized carbons (Fsp3) is 0.621. The number of rotatable bonds is 3. The van der Waals surface area contributed by atoms with Crippen LogP contribution in [0.1, 0.15) is 57.8 Å². The second-order valence-electron chi connectivity index (χ2n) is 12.1. The molecule has 0 amide bonds. The average molecular weight is 790 g/mol. The molecule has 1 heterocycles. The molecule has 1 aromatic carbocycles. The summed E-state index contributed by atoms with van der Waals surface area (Å²) in [5.41, 5.74) is -5.75. The fourth-order valence-corrected chi connectivity index (χ4v) is 8.03. The van der Waals surface area contributed by atoms with Crippen LogP contribution in [0, 0.1) is 60.8 Å². The summed E-state index contributed by atoms with van der Waals surface area (Å²) in [5, 5.41) is 34.5. The van der Waals surface area contributed by atoms with Crippen LogP contribution in [0.4, 0.5) is 0 Å². The molecule has 3 aliphatic carbocycles. The number of benzene rings is 1. The molecule has 2 bridgehead atoms. The summed E-state index contributed by atoms with van der Waals surface area (Å²) in [4.78, 5) is 40.4. The number of hydrogen-bond donors (Lipinski definition) is 3. The first-order valence-corrected chi connectivity index (χ1v) is 13.6. The average Bonchev–Trinajstić information content (AvgIpc) is 2.87. The second-order valence-corrected chi connectivity index (χ2v) is 12.7. The van der Waals surface area contributed by atoms with Gasteiger partial charge in [0.1, 0.15) is 23.9 Å². The number of aliphatic hydroxyl groups excluding tert-OH is 2. The number of ketones is 1. The predicted molar refractivity (Wildman–Crippen MR) is 139 cm³/mol. The van der Waals surface area contributed by atoms with Gasteiger partial charge in [-0.15, -0.1) is 11.6 Å². The van der Waals surface area contributed by atoms with Gasteiger partial charge in [-0.1, -0.05) is 39.0 Å². The predicted octanol–water partition coefficient (Wildman–Crippen LogP) is 2.33. The van der Waals surface area contributed by atoms with Crippen molar-refractivity contribution in [2.24, 2.45) is 16.7 Å². The first-order chi connectivity index (χ1) is 18.1. The van der Waals surface area contributed by atoms with E-state index < -0.39 is 75.5 Å². The first-order valence-electron chi connectivity index (χ1n) is 13.2. The maximum Gasteiger partial charge on any atom is 0.338 e. The minimum Gasteiger partial charge on any atom is -0.455 e. The Kier molecular flexibility index (Phi) is 8.57. The van der Waals surface area contributed by atoms with Gasteiger partial charge < -0.3 is 29.5 Å². The summed E-state index contributed by atoms with van der Waals surface area (Å²) in [5.74, 6) is -3.29. The second kappa shape index (κ2) is 10.7. The van der Waals surface area contributed by atoms with E-state index in [4.69, 9.17) is 25.8 Å². The quantitative estimate of drug-likeness (QED) is 0.240. The van der Waals surface area contributed by atoms with Crippen molar-refractivity contribution in [3.63, 3.8) is 0 Å².